The molecule has 2 N–H and O–H groups in total. The molecular formula is C46H34N6Na2O6S6. The second-order valence-electron chi connectivity index (χ2n) is 13.8. The van der Waals surface area contributed by atoms with Crippen molar-refractivity contribution in [3.05, 3.63) is 193 Å². The minimum Gasteiger partial charge on any atom is -0.746 e. The third-order valence-electron chi connectivity index (χ3n) is 9.26. The van der Waals surface area contributed by atoms with Crippen LogP contribution in [0.25, 0.3) is 6.08 Å². The fraction of sp³-hybridized carbons (Fsp3) is 0.0435. The number of allylic oxidation sites excluding steroid dienone is 4. The monoisotopic (exact) mass is 1000 g/mol. The Labute approximate surface area is 444 Å². The number of aromatic nitrogens is 4. The van der Waals surface area contributed by atoms with Gasteiger partial charge in [0, 0.05) is 49.5 Å². The van der Waals surface area contributed by atoms with Crippen molar-refractivity contribution < 1.29 is 85.1 Å². The molecule has 66 heavy (non-hydrogen) atoms. The summed E-state index contributed by atoms with van der Waals surface area (Å²) < 4.78 is 74.9. The molecule has 0 unspecified atom stereocenters. The van der Waals surface area contributed by atoms with Crippen LogP contribution in [-0.2, 0) is 20.2 Å². The van der Waals surface area contributed by atoms with Gasteiger partial charge in [0.15, 0.2) is 14.4 Å². The van der Waals surface area contributed by atoms with Crippen LogP contribution < -0.4 is 69.7 Å². The van der Waals surface area contributed by atoms with Crippen LogP contribution in [0.5, 0.6) is 0 Å². The Morgan fingerprint density at radius 1 is 0.500 bits per heavy atom. The molecule has 0 spiro atoms. The van der Waals surface area contributed by atoms with Crippen LogP contribution in [0.3, 0.4) is 0 Å². The molecule has 0 fully saturated rings. The van der Waals surface area contributed by atoms with E-state index < -0.39 is 36.3 Å². The first kappa shape index (κ1) is 51.7. The zero-order valence-electron chi connectivity index (χ0n) is 35.2. The molecule has 2 aromatic heterocycles. The fourth-order valence-electron chi connectivity index (χ4n) is 6.30. The van der Waals surface area contributed by atoms with Crippen molar-refractivity contribution in [3.63, 3.8) is 0 Å². The molecule has 0 amide bonds. The maximum Gasteiger partial charge on any atom is 1.00 e. The van der Waals surface area contributed by atoms with Gasteiger partial charge in [0.05, 0.1) is 0 Å². The van der Waals surface area contributed by atoms with Gasteiger partial charge in [-0.25, -0.2) is 36.8 Å². The molecule has 1 aliphatic rings. The predicted molar refractivity (Wildman–Crippen MR) is 252 cm³/mol. The largest absolute Gasteiger partial charge is 1.00 e. The van der Waals surface area contributed by atoms with E-state index in [4.69, 9.17) is 9.97 Å². The Balaban J connectivity index is 0.00000360. The van der Waals surface area contributed by atoms with Crippen LogP contribution in [0.2, 0.25) is 0 Å². The van der Waals surface area contributed by atoms with Crippen molar-refractivity contribution in [1.82, 2.24) is 19.9 Å². The molecule has 12 nitrogen and oxygen atoms in total. The summed E-state index contributed by atoms with van der Waals surface area (Å²) >= 11 is 5.57. The molecule has 0 saturated heterocycles. The van der Waals surface area contributed by atoms with Crippen molar-refractivity contribution in [2.45, 2.75) is 50.4 Å². The number of hydrogen-bond donors (Lipinski definition) is 2. The molecule has 0 atom stereocenters. The Morgan fingerprint density at radius 3 is 1.33 bits per heavy atom. The van der Waals surface area contributed by atoms with Crippen LogP contribution in [-0.4, -0.2) is 50.0 Å². The summed E-state index contributed by atoms with van der Waals surface area (Å²) in [5.74, 6) is 0.739. The Bertz CT molecular complexity index is 2940. The summed E-state index contributed by atoms with van der Waals surface area (Å²) in [6.07, 6.45) is 4.19. The molecule has 7 aromatic rings. The van der Waals surface area contributed by atoms with Crippen molar-refractivity contribution in [2.75, 3.05) is 10.6 Å². The van der Waals surface area contributed by atoms with E-state index in [0.717, 1.165) is 30.7 Å². The van der Waals surface area contributed by atoms with Crippen LogP contribution in [0.15, 0.2) is 227 Å². The van der Waals surface area contributed by atoms with Crippen LogP contribution in [0.1, 0.15) is 12.0 Å². The summed E-state index contributed by atoms with van der Waals surface area (Å²) in [4.78, 5) is 22.5. The molecule has 0 bridgehead atoms. The number of nitrogens with zero attached hydrogens (tertiary/aromatic N) is 4. The van der Waals surface area contributed by atoms with Gasteiger partial charge in [-0.1, -0.05) is 127 Å². The van der Waals surface area contributed by atoms with Gasteiger partial charge in [-0.15, -0.1) is 0 Å². The van der Waals surface area contributed by atoms with E-state index in [0.29, 0.717) is 32.4 Å². The second-order valence-corrected chi connectivity index (χ2v) is 21.5. The first-order valence-electron chi connectivity index (χ1n) is 19.2. The smallest absolute Gasteiger partial charge is 0.746 e. The van der Waals surface area contributed by atoms with E-state index in [1.807, 2.05) is 127 Å². The number of rotatable bonds is 16. The van der Waals surface area contributed by atoms with Crippen LogP contribution in [0.4, 0.5) is 17.3 Å². The van der Waals surface area contributed by atoms with Gasteiger partial charge < -0.3 is 19.7 Å². The zero-order valence-corrected chi connectivity index (χ0v) is 44.1. The minimum absolute atomic E-state index is 0. The molecule has 0 aliphatic heterocycles. The van der Waals surface area contributed by atoms with Crippen molar-refractivity contribution in [2.24, 2.45) is 0 Å². The third kappa shape index (κ3) is 13.5. The molecule has 1 aliphatic carbocycles. The van der Waals surface area contributed by atoms with E-state index in [-0.39, 0.29) is 70.6 Å². The quantitative estimate of drug-likeness (QED) is 0.0584. The van der Waals surface area contributed by atoms with E-state index in [1.165, 1.54) is 65.3 Å². The van der Waals surface area contributed by atoms with Gasteiger partial charge in [-0.2, -0.15) is 0 Å². The average Bonchev–Trinajstić information content (AvgIpc) is 3.27. The van der Waals surface area contributed by atoms with Crippen molar-refractivity contribution in [3.8, 4) is 0 Å². The molecule has 322 valence electrons. The number of hydrogen-bond acceptors (Lipinski definition) is 16. The summed E-state index contributed by atoms with van der Waals surface area (Å²) in [6, 6.07) is 48.9. The Morgan fingerprint density at radius 2 is 0.909 bits per heavy atom. The predicted octanol–water partition coefficient (Wildman–Crippen LogP) is 4.75. The normalized spacial score (nSPS) is 13.4. The van der Waals surface area contributed by atoms with Gasteiger partial charge in [0.25, 0.3) is 0 Å². The van der Waals surface area contributed by atoms with Crippen molar-refractivity contribution >= 4 is 90.7 Å². The summed E-state index contributed by atoms with van der Waals surface area (Å²) in [6.45, 7) is 0. The zero-order chi connectivity index (χ0) is 44.6. The summed E-state index contributed by atoms with van der Waals surface area (Å²) in [7, 11) is -11.7. The van der Waals surface area contributed by atoms with Gasteiger partial charge in [0.1, 0.15) is 41.9 Å². The minimum atomic E-state index is -5.83. The number of benzene rings is 5. The van der Waals surface area contributed by atoms with Gasteiger partial charge >= 0.3 is 59.1 Å². The molecule has 0 radical (unpaired) electrons. The van der Waals surface area contributed by atoms with Gasteiger partial charge in [-0.05, 0) is 101 Å². The molecule has 5 aromatic carbocycles. The SMILES string of the molecule is O=S(=O)([O-])C1(S(=O)(=O)[O-])CC(Nc2cc(Sc3ccccc3)nc(Sc3ccccc3)n2)=CC=C1C=Cc1ccc(Nc2cc(Sc3ccccc3)nc(Sc3ccccc3)n2)cc1.[Na+].[Na+]. The Kier molecular flexibility index (Phi) is 18.4. The van der Waals surface area contributed by atoms with Crippen LogP contribution >= 0.6 is 47.0 Å². The van der Waals surface area contributed by atoms with E-state index in [1.54, 1.807) is 30.3 Å². The molecule has 2 heterocycles. The average molecular weight is 1010 g/mol. The Hall–Kier alpha value is -3.70. The summed E-state index contributed by atoms with van der Waals surface area (Å²) in [5, 5.41) is 8.45. The maximum atomic E-state index is 13.0. The van der Waals surface area contributed by atoms with Crippen LogP contribution in [0, 0.1) is 0 Å². The fourth-order valence-corrected chi connectivity index (χ4v) is 12.2. The van der Waals surface area contributed by atoms with Crippen molar-refractivity contribution in [1.29, 1.82) is 0 Å². The van der Waals surface area contributed by atoms with Gasteiger partial charge in [-0.3, -0.25) is 0 Å². The molecule has 0 saturated carbocycles. The van der Waals surface area contributed by atoms with E-state index in [2.05, 4.69) is 20.6 Å². The number of anilines is 3. The standard InChI is InChI=1S/C46H36N6O6S6.2Na/c53-63(54,55)46(64(56,57)58)31-35(48-41-30-43(60-37-15-7-2-8-16-37)52-45(50-41)62-39-19-11-4-12-20-39)28-25-33(46)24-21-32-22-26-34(27-23-32)47-40-29-42(59-36-13-5-1-6-14-36)51-44(49-40)61-38-17-9-3-10-18-38;;/h1-30H,31H2,(H,47,49,51)(H,48,50,52)(H,53,54,55)(H,56,57,58);;/q;2*+1/p-2. The molecule has 20 heteroatoms. The van der Waals surface area contributed by atoms with Gasteiger partial charge in [0.2, 0.25) is 0 Å². The summed E-state index contributed by atoms with van der Waals surface area (Å²) in [5.41, 5.74) is 0.658. The first-order valence-corrected chi connectivity index (χ1v) is 25.3. The molecule has 8 rings (SSSR count). The second kappa shape index (κ2) is 23.5. The maximum absolute atomic E-state index is 13.0. The topological polar surface area (TPSA) is 190 Å². The first-order chi connectivity index (χ1) is 30.9. The third-order valence-corrected chi connectivity index (χ3v) is 16.5. The van der Waals surface area contributed by atoms with E-state index >= 15 is 0 Å². The van der Waals surface area contributed by atoms with E-state index in [9.17, 15) is 25.9 Å². The number of nitrogens with one attached hydrogen (secondary N) is 2. The molecular weight excluding hydrogens is 971 g/mol.